The Labute approximate surface area is 187 Å². The number of benzene rings is 3. The largest absolute Gasteiger partial charge is 0.418 e. The van der Waals surface area contributed by atoms with Gasteiger partial charge < -0.3 is 0 Å². The minimum atomic E-state index is -4.72. The predicted molar refractivity (Wildman–Crippen MR) is 115 cm³/mol. The Morgan fingerprint density at radius 3 is 2.15 bits per heavy atom. The third kappa shape index (κ3) is 3.38. The quantitative estimate of drug-likeness (QED) is 0.521. The number of carbonyl (C=O) groups is 2. The first-order valence-electron chi connectivity index (χ1n) is 10.4. The van der Waals surface area contributed by atoms with E-state index in [0.29, 0.717) is 10.6 Å². The molecule has 2 saturated heterocycles. The summed E-state index contributed by atoms with van der Waals surface area (Å²) >= 11 is 0. The lowest BCUT2D eigenvalue weighted by Gasteiger charge is -2.30. The highest BCUT2D eigenvalue weighted by molar-refractivity contribution is 6.24. The molecule has 5 nitrogen and oxygen atoms in total. The Morgan fingerprint density at radius 1 is 0.818 bits per heavy atom. The molecule has 2 aliphatic heterocycles. The molecule has 2 aliphatic rings. The Balaban J connectivity index is 1.62. The van der Waals surface area contributed by atoms with Crippen LogP contribution < -0.4 is 9.96 Å². The molecule has 3 aromatic carbocycles. The van der Waals surface area contributed by atoms with Crippen molar-refractivity contribution in [2.24, 2.45) is 5.92 Å². The molecule has 3 aromatic rings. The maximum absolute atomic E-state index is 13.6. The number of hydrogen-bond donors (Lipinski definition) is 0. The number of imide groups is 1. The second-order valence-corrected chi connectivity index (χ2v) is 8.04. The summed E-state index contributed by atoms with van der Waals surface area (Å²) in [5.74, 6) is -2.52. The van der Waals surface area contributed by atoms with Crippen LogP contribution in [0.2, 0.25) is 0 Å². The zero-order valence-corrected chi connectivity index (χ0v) is 17.5. The van der Waals surface area contributed by atoms with Crippen LogP contribution in [0, 0.1) is 12.8 Å². The fraction of sp³-hybridized carbons (Fsp3) is 0.200. The van der Waals surface area contributed by atoms with E-state index in [4.69, 9.17) is 4.84 Å². The number of aryl methyl sites for hydroxylation is 1. The lowest BCUT2D eigenvalue weighted by Crippen LogP contribution is -2.38. The molecule has 5 rings (SSSR count). The molecule has 3 atom stereocenters. The molecule has 8 heteroatoms. The Kier molecular flexibility index (Phi) is 4.97. The van der Waals surface area contributed by atoms with Crippen molar-refractivity contribution in [1.82, 2.24) is 0 Å². The van der Waals surface area contributed by atoms with Gasteiger partial charge in [-0.05, 0) is 42.3 Å². The molecule has 0 radical (unpaired) electrons. The summed E-state index contributed by atoms with van der Waals surface area (Å²) in [6.45, 7) is 1.88. The summed E-state index contributed by atoms with van der Waals surface area (Å²) in [5.41, 5.74) is 0.762. The minimum absolute atomic E-state index is 0.479. The van der Waals surface area contributed by atoms with Crippen molar-refractivity contribution in [1.29, 1.82) is 0 Å². The average molecular weight is 452 g/mol. The number of anilines is 2. The van der Waals surface area contributed by atoms with E-state index in [1.54, 1.807) is 24.3 Å². The van der Waals surface area contributed by atoms with Crippen molar-refractivity contribution >= 4 is 23.2 Å². The van der Waals surface area contributed by atoms with E-state index in [-0.39, 0.29) is 0 Å². The van der Waals surface area contributed by atoms with E-state index >= 15 is 0 Å². The van der Waals surface area contributed by atoms with Crippen LogP contribution in [0.15, 0.2) is 78.9 Å². The van der Waals surface area contributed by atoms with Crippen molar-refractivity contribution in [2.75, 3.05) is 9.96 Å². The number of para-hydroxylation sites is 2. The fourth-order valence-electron chi connectivity index (χ4n) is 4.59. The first-order chi connectivity index (χ1) is 15.8. The molecule has 0 saturated carbocycles. The van der Waals surface area contributed by atoms with Gasteiger partial charge in [-0.25, -0.2) is 9.96 Å². The van der Waals surface area contributed by atoms with Gasteiger partial charge in [-0.15, -0.1) is 0 Å². The summed E-state index contributed by atoms with van der Waals surface area (Å²) in [5, 5.41) is 1.53. The minimum Gasteiger partial charge on any atom is -0.273 e. The van der Waals surface area contributed by atoms with Gasteiger partial charge in [0, 0.05) is 0 Å². The number of fused-ring (bicyclic) bond motifs is 1. The summed E-state index contributed by atoms with van der Waals surface area (Å²) in [4.78, 5) is 33.5. The monoisotopic (exact) mass is 452 g/mol. The van der Waals surface area contributed by atoms with Gasteiger partial charge >= 0.3 is 6.18 Å². The third-order valence-corrected chi connectivity index (χ3v) is 6.08. The third-order valence-electron chi connectivity index (χ3n) is 6.08. The van der Waals surface area contributed by atoms with Gasteiger partial charge in [-0.1, -0.05) is 54.6 Å². The van der Waals surface area contributed by atoms with Crippen molar-refractivity contribution in [2.45, 2.75) is 25.2 Å². The molecule has 0 spiro atoms. The van der Waals surface area contributed by atoms with Crippen LogP contribution in [0.4, 0.5) is 24.5 Å². The number of amides is 2. The van der Waals surface area contributed by atoms with E-state index in [1.165, 1.54) is 17.2 Å². The maximum Gasteiger partial charge on any atom is 0.418 e. The van der Waals surface area contributed by atoms with Gasteiger partial charge in [0.1, 0.15) is 5.92 Å². The molecular weight excluding hydrogens is 433 g/mol. The van der Waals surface area contributed by atoms with Crippen LogP contribution in [-0.4, -0.2) is 17.9 Å². The summed E-state index contributed by atoms with van der Waals surface area (Å²) in [6, 6.07) is 20.3. The van der Waals surface area contributed by atoms with E-state index in [2.05, 4.69) is 0 Å². The zero-order chi connectivity index (χ0) is 23.3. The second kappa shape index (κ2) is 7.74. The van der Waals surface area contributed by atoms with E-state index in [9.17, 15) is 22.8 Å². The number of rotatable bonds is 3. The summed E-state index contributed by atoms with van der Waals surface area (Å²) in [6.07, 6.45) is -5.95. The van der Waals surface area contributed by atoms with Crippen LogP contribution in [0.3, 0.4) is 0 Å². The average Bonchev–Trinajstić information content (AvgIpc) is 3.30. The smallest absolute Gasteiger partial charge is 0.273 e. The molecule has 0 aliphatic carbocycles. The summed E-state index contributed by atoms with van der Waals surface area (Å²) < 4.78 is 40.9. The highest BCUT2D eigenvalue weighted by Gasteiger charge is 2.61. The molecule has 0 aromatic heterocycles. The number of nitrogens with zero attached hydrogens (tertiary/aromatic N) is 2. The highest BCUT2D eigenvalue weighted by atomic mass is 19.4. The van der Waals surface area contributed by atoms with Crippen molar-refractivity contribution in [3.05, 3.63) is 95.6 Å². The van der Waals surface area contributed by atoms with Gasteiger partial charge in [0.05, 0.1) is 23.0 Å². The number of halogens is 3. The van der Waals surface area contributed by atoms with Gasteiger partial charge in [0.2, 0.25) is 5.91 Å². The Morgan fingerprint density at radius 2 is 1.45 bits per heavy atom. The number of hydrogen-bond acceptors (Lipinski definition) is 4. The normalized spacial score (nSPS) is 22.7. The first-order valence-corrected chi connectivity index (χ1v) is 10.4. The lowest BCUT2D eigenvalue weighted by atomic mass is 9.88. The molecule has 2 fully saturated rings. The lowest BCUT2D eigenvalue weighted by molar-refractivity contribution is -0.137. The van der Waals surface area contributed by atoms with Crippen LogP contribution >= 0.6 is 0 Å². The predicted octanol–water partition coefficient (Wildman–Crippen LogP) is 5.06. The van der Waals surface area contributed by atoms with E-state index in [0.717, 1.165) is 23.3 Å². The molecule has 168 valence electrons. The zero-order valence-electron chi connectivity index (χ0n) is 17.5. The number of alkyl halides is 3. The molecule has 0 unspecified atom stereocenters. The Bertz CT molecular complexity index is 1230. The Hall–Kier alpha value is -3.65. The number of carbonyl (C=O) groups excluding carboxylic acids is 2. The van der Waals surface area contributed by atoms with Crippen LogP contribution in [-0.2, 0) is 20.6 Å². The van der Waals surface area contributed by atoms with Crippen LogP contribution in [0.1, 0.15) is 22.7 Å². The van der Waals surface area contributed by atoms with E-state index in [1.807, 2.05) is 37.3 Å². The SMILES string of the molecule is Cc1ccccc1[C@H]1[C@H]2C(=O)N(c3ccccc3C(F)(F)F)C(=O)[C@@H]2ON1c1ccccc1. The summed E-state index contributed by atoms with van der Waals surface area (Å²) in [7, 11) is 0. The molecule has 0 bridgehead atoms. The fourth-order valence-corrected chi connectivity index (χ4v) is 4.59. The molecule has 33 heavy (non-hydrogen) atoms. The molecule has 0 N–H and O–H groups in total. The van der Waals surface area contributed by atoms with Gasteiger partial charge in [0.25, 0.3) is 5.91 Å². The van der Waals surface area contributed by atoms with Crippen LogP contribution in [0.25, 0.3) is 0 Å². The topological polar surface area (TPSA) is 49.9 Å². The van der Waals surface area contributed by atoms with Gasteiger partial charge in [0.15, 0.2) is 6.10 Å². The standard InChI is InChI=1S/C25H19F3N2O3/c1-15-9-5-6-12-17(15)21-20-22(33-30(21)16-10-3-2-4-11-16)24(32)29(23(20)31)19-14-8-7-13-18(19)25(26,27)28/h2-14,20-22H,1H3/t20-,21+,22-/m1/s1. The van der Waals surface area contributed by atoms with Crippen molar-refractivity contribution < 1.29 is 27.6 Å². The first kappa shape index (κ1) is 21.2. The molecule has 2 heterocycles. The maximum atomic E-state index is 13.6. The number of hydroxylamine groups is 1. The van der Waals surface area contributed by atoms with Crippen LogP contribution in [0.5, 0.6) is 0 Å². The molecule has 2 amide bonds. The van der Waals surface area contributed by atoms with Gasteiger partial charge in [-0.2, -0.15) is 13.2 Å². The highest BCUT2D eigenvalue weighted by Crippen LogP contribution is 2.49. The van der Waals surface area contributed by atoms with E-state index < -0.39 is 47.3 Å². The van der Waals surface area contributed by atoms with Gasteiger partial charge in [-0.3, -0.25) is 14.4 Å². The van der Waals surface area contributed by atoms with Crippen molar-refractivity contribution in [3.8, 4) is 0 Å². The molecular formula is C25H19F3N2O3. The van der Waals surface area contributed by atoms with Crippen molar-refractivity contribution in [3.63, 3.8) is 0 Å². The second-order valence-electron chi connectivity index (χ2n) is 8.04.